The summed E-state index contributed by atoms with van der Waals surface area (Å²) in [6, 6.07) is 16.0. The molecule has 2 aromatic rings. The van der Waals surface area contributed by atoms with Crippen molar-refractivity contribution in [2.75, 3.05) is 19.8 Å². The van der Waals surface area contributed by atoms with Crippen molar-refractivity contribution < 1.29 is 23.9 Å². The maximum Gasteiger partial charge on any atom is 0.326 e. The zero-order valence-corrected chi connectivity index (χ0v) is 13.5. The van der Waals surface area contributed by atoms with Crippen LogP contribution in [0, 0.1) is 0 Å². The van der Waals surface area contributed by atoms with Crippen LogP contribution in [0.2, 0.25) is 0 Å². The third-order valence-electron chi connectivity index (χ3n) is 3.78. The zero-order valence-electron chi connectivity index (χ0n) is 13.5. The van der Waals surface area contributed by atoms with E-state index in [9.17, 15) is 14.4 Å². The third-order valence-corrected chi connectivity index (χ3v) is 3.78. The molecule has 25 heavy (non-hydrogen) atoms. The molecule has 0 fully saturated rings. The Bertz CT molecular complexity index is 787. The van der Waals surface area contributed by atoms with Crippen LogP contribution in [0.25, 0.3) is 0 Å². The molecule has 1 aliphatic heterocycles. The lowest BCUT2D eigenvalue weighted by molar-refractivity contribution is -0.148. The Hall–Kier alpha value is -3.15. The van der Waals surface area contributed by atoms with E-state index in [1.807, 2.05) is 18.2 Å². The first-order chi connectivity index (χ1) is 12.1. The summed E-state index contributed by atoms with van der Waals surface area (Å²) in [7, 11) is 0. The van der Waals surface area contributed by atoms with E-state index in [0.29, 0.717) is 16.9 Å². The van der Waals surface area contributed by atoms with Crippen LogP contribution in [0.4, 0.5) is 0 Å². The highest BCUT2D eigenvalue weighted by atomic mass is 16.6. The van der Waals surface area contributed by atoms with Gasteiger partial charge in [-0.25, -0.2) is 0 Å². The van der Waals surface area contributed by atoms with E-state index in [1.54, 1.807) is 36.4 Å². The molecule has 6 nitrogen and oxygen atoms in total. The van der Waals surface area contributed by atoms with Crippen molar-refractivity contribution in [1.29, 1.82) is 0 Å². The van der Waals surface area contributed by atoms with Crippen LogP contribution in [0.1, 0.15) is 15.9 Å². The van der Waals surface area contributed by atoms with E-state index in [-0.39, 0.29) is 19.6 Å². The van der Waals surface area contributed by atoms with E-state index in [2.05, 4.69) is 0 Å². The Morgan fingerprint density at radius 2 is 1.68 bits per heavy atom. The number of benzene rings is 2. The molecule has 0 radical (unpaired) electrons. The Morgan fingerprint density at radius 3 is 2.48 bits per heavy atom. The highest BCUT2D eigenvalue weighted by Gasteiger charge is 2.32. The SMILES string of the molecule is O=C(CN1C(=O)Cc2ccccc2C1=O)OCCOc1ccccc1. The van der Waals surface area contributed by atoms with Crippen molar-refractivity contribution in [3.63, 3.8) is 0 Å². The van der Waals surface area contributed by atoms with E-state index in [1.165, 1.54) is 0 Å². The van der Waals surface area contributed by atoms with Crippen LogP contribution < -0.4 is 4.74 Å². The molecule has 0 saturated carbocycles. The van der Waals surface area contributed by atoms with E-state index in [4.69, 9.17) is 9.47 Å². The van der Waals surface area contributed by atoms with Crippen molar-refractivity contribution in [3.05, 3.63) is 65.7 Å². The summed E-state index contributed by atoms with van der Waals surface area (Å²) in [4.78, 5) is 37.3. The topological polar surface area (TPSA) is 72.9 Å². The van der Waals surface area contributed by atoms with Crippen LogP contribution >= 0.6 is 0 Å². The fourth-order valence-corrected chi connectivity index (χ4v) is 2.57. The van der Waals surface area contributed by atoms with Gasteiger partial charge in [0.05, 0.1) is 6.42 Å². The molecule has 0 bridgehead atoms. The minimum Gasteiger partial charge on any atom is -0.490 e. The number of imide groups is 1. The predicted molar refractivity (Wildman–Crippen MR) is 89.1 cm³/mol. The molecule has 6 heteroatoms. The van der Waals surface area contributed by atoms with Crippen LogP contribution in [0.5, 0.6) is 5.75 Å². The number of fused-ring (bicyclic) bond motifs is 1. The first kappa shape index (κ1) is 16.7. The number of para-hydroxylation sites is 1. The second-order valence-electron chi connectivity index (χ2n) is 5.50. The maximum atomic E-state index is 12.4. The molecule has 2 amide bonds. The zero-order chi connectivity index (χ0) is 17.6. The van der Waals surface area contributed by atoms with Gasteiger partial charge in [-0.1, -0.05) is 36.4 Å². The fraction of sp³-hybridized carbons (Fsp3) is 0.211. The number of carbonyl (C=O) groups excluding carboxylic acids is 3. The number of hydrogen-bond acceptors (Lipinski definition) is 5. The average Bonchev–Trinajstić information content (AvgIpc) is 2.63. The van der Waals surface area contributed by atoms with Gasteiger partial charge in [-0.3, -0.25) is 19.3 Å². The molecule has 0 aromatic heterocycles. The monoisotopic (exact) mass is 339 g/mol. The number of esters is 1. The lowest BCUT2D eigenvalue weighted by atomic mass is 9.98. The smallest absolute Gasteiger partial charge is 0.326 e. The number of amides is 2. The molecule has 2 aromatic carbocycles. The molecule has 3 rings (SSSR count). The third kappa shape index (κ3) is 4.03. The molecule has 0 saturated heterocycles. The minimum atomic E-state index is -0.641. The summed E-state index contributed by atoms with van der Waals surface area (Å²) in [6.45, 7) is -0.154. The summed E-state index contributed by atoms with van der Waals surface area (Å²) in [5, 5.41) is 0. The largest absolute Gasteiger partial charge is 0.490 e. The molecular formula is C19H17NO5. The van der Waals surface area contributed by atoms with Crippen LogP contribution in [-0.2, 0) is 20.7 Å². The van der Waals surface area contributed by atoms with Crippen molar-refractivity contribution in [1.82, 2.24) is 4.90 Å². The van der Waals surface area contributed by atoms with Gasteiger partial charge >= 0.3 is 5.97 Å². The number of ether oxygens (including phenoxy) is 2. The second-order valence-corrected chi connectivity index (χ2v) is 5.50. The molecule has 0 aliphatic carbocycles. The van der Waals surface area contributed by atoms with Crippen molar-refractivity contribution in [2.24, 2.45) is 0 Å². The van der Waals surface area contributed by atoms with Gasteiger partial charge in [-0.05, 0) is 23.8 Å². The first-order valence-corrected chi connectivity index (χ1v) is 7.91. The Balaban J connectivity index is 1.49. The van der Waals surface area contributed by atoms with Gasteiger partial charge in [0.2, 0.25) is 5.91 Å². The quantitative estimate of drug-likeness (QED) is 0.456. The molecule has 0 atom stereocenters. The van der Waals surface area contributed by atoms with Gasteiger partial charge in [0.1, 0.15) is 25.5 Å². The lowest BCUT2D eigenvalue weighted by Gasteiger charge is -2.25. The van der Waals surface area contributed by atoms with Gasteiger partial charge in [0, 0.05) is 5.56 Å². The second kappa shape index (κ2) is 7.61. The molecule has 1 heterocycles. The van der Waals surface area contributed by atoms with E-state index < -0.39 is 24.3 Å². The van der Waals surface area contributed by atoms with Gasteiger partial charge in [-0.2, -0.15) is 0 Å². The van der Waals surface area contributed by atoms with Crippen LogP contribution in [0.15, 0.2) is 54.6 Å². The minimum absolute atomic E-state index is 0.0422. The van der Waals surface area contributed by atoms with Gasteiger partial charge in [0.25, 0.3) is 5.91 Å². The average molecular weight is 339 g/mol. The summed E-state index contributed by atoms with van der Waals surface area (Å²) >= 11 is 0. The number of rotatable bonds is 6. The van der Waals surface area contributed by atoms with Crippen molar-refractivity contribution >= 4 is 17.8 Å². The lowest BCUT2D eigenvalue weighted by Crippen LogP contribution is -2.45. The van der Waals surface area contributed by atoms with Crippen molar-refractivity contribution in [3.8, 4) is 5.75 Å². The highest BCUT2D eigenvalue weighted by Crippen LogP contribution is 2.19. The molecule has 0 N–H and O–H groups in total. The van der Waals surface area contributed by atoms with E-state index in [0.717, 1.165) is 4.90 Å². The molecule has 0 unspecified atom stereocenters. The maximum absolute atomic E-state index is 12.4. The van der Waals surface area contributed by atoms with Gasteiger partial charge < -0.3 is 9.47 Å². The van der Waals surface area contributed by atoms with Gasteiger partial charge in [0.15, 0.2) is 0 Å². The van der Waals surface area contributed by atoms with Crippen molar-refractivity contribution in [2.45, 2.75) is 6.42 Å². The fourth-order valence-electron chi connectivity index (χ4n) is 2.57. The predicted octanol–water partition coefficient (Wildman–Crippen LogP) is 1.83. The molecular weight excluding hydrogens is 322 g/mol. The standard InChI is InChI=1S/C19H17NO5/c21-17-12-14-6-4-5-9-16(14)19(23)20(17)13-18(22)25-11-10-24-15-7-2-1-3-8-15/h1-9H,10-13H2. The summed E-state index contributed by atoms with van der Waals surface area (Å²) in [5.41, 5.74) is 1.13. The Kier molecular flexibility index (Phi) is 5.09. The highest BCUT2D eigenvalue weighted by molar-refractivity contribution is 6.11. The number of nitrogens with zero attached hydrogens (tertiary/aromatic N) is 1. The first-order valence-electron chi connectivity index (χ1n) is 7.91. The summed E-state index contributed by atoms with van der Waals surface area (Å²) in [5.74, 6) is -0.834. The molecule has 0 spiro atoms. The normalized spacial score (nSPS) is 13.4. The van der Waals surface area contributed by atoms with Gasteiger partial charge in [-0.15, -0.1) is 0 Å². The molecule has 128 valence electrons. The summed E-state index contributed by atoms with van der Waals surface area (Å²) < 4.78 is 10.5. The number of hydrogen-bond donors (Lipinski definition) is 0. The Labute approximate surface area is 145 Å². The number of carbonyl (C=O) groups is 3. The summed E-state index contributed by atoms with van der Waals surface area (Å²) in [6.07, 6.45) is 0.103. The van der Waals surface area contributed by atoms with Crippen LogP contribution in [0.3, 0.4) is 0 Å². The molecule has 1 aliphatic rings. The Morgan fingerprint density at radius 1 is 0.960 bits per heavy atom. The van der Waals surface area contributed by atoms with E-state index >= 15 is 0 Å². The van der Waals surface area contributed by atoms with Crippen LogP contribution in [-0.4, -0.2) is 42.4 Å².